The number of rotatable bonds is 4. The van der Waals surface area contributed by atoms with E-state index in [2.05, 4.69) is 28.9 Å². The van der Waals surface area contributed by atoms with E-state index in [1.165, 1.54) is 10.9 Å². The maximum Gasteiger partial charge on any atom is 0.224 e. The number of benzene rings is 2. The molecule has 1 aliphatic rings. The highest BCUT2D eigenvalue weighted by atomic mass is 32.2. The van der Waals surface area contributed by atoms with Crippen LogP contribution in [0.4, 0.5) is 5.69 Å². The second-order valence-corrected chi connectivity index (χ2v) is 9.24. The van der Waals surface area contributed by atoms with E-state index in [1.54, 1.807) is 0 Å². The van der Waals surface area contributed by atoms with Crippen LogP contribution < -0.4 is 5.32 Å². The van der Waals surface area contributed by atoms with Crippen molar-refractivity contribution < 1.29 is 13.2 Å². The molecule has 0 saturated carbocycles. The van der Waals surface area contributed by atoms with Crippen LogP contribution in [0, 0.1) is 5.92 Å². The van der Waals surface area contributed by atoms with Gasteiger partial charge in [0.05, 0.1) is 11.5 Å². The Labute approximate surface area is 152 Å². The second kappa shape index (κ2) is 6.43. The number of carbonyl (C=O) groups excluding carboxylic acids is 1. The van der Waals surface area contributed by atoms with E-state index < -0.39 is 9.84 Å². The molecule has 1 saturated heterocycles. The van der Waals surface area contributed by atoms with Gasteiger partial charge in [0.25, 0.3) is 0 Å². The van der Waals surface area contributed by atoms with Gasteiger partial charge in [-0.1, -0.05) is 18.2 Å². The van der Waals surface area contributed by atoms with Gasteiger partial charge in [0, 0.05) is 40.5 Å². The third-order valence-corrected chi connectivity index (χ3v) is 7.01. The van der Waals surface area contributed by atoms with Crippen LogP contribution in [-0.2, 0) is 21.2 Å². The van der Waals surface area contributed by atoms with E-state index in [9.17, 15) is 13.2 Å². The number of aromatic nitrogens is 1. The summed E-state index contributed by atoms with van der Waals surface area (Å²) in [5.74, 6) is 0.146. The van der Waals surface area contributed by atoms with Crippen molar-refractivity contribution in [2.45, 2.75) is 26.3 Å². The van der Waals surface area contributed by atoms with Gasteiger partial charge in [-0.15, -0.1) is 0 Å². The summed E-state index contributed by atoms with van der Waals surface area (Å²) in [6.45, 7) is 3.00. The first-order chi connectivity index (χ1) is 12.5. The Morgan fingerprint density at radius 1 is 1.15 bits per heavy atom. The number of aryl methyl sites for hydroxylation is 1. The summed E-state index contributed by atoms with van der Waals surface area (Å²) in [7, 11) is -2.95. The Morgan fingerprint density at radius 2 is 1.92 bits per heavy atom. The number of nitrogens with one attached hydrogen (secondary N) is 1. The monoisotopic (exact) mass is 370 g/mol. The largest absolute Gasteiger partial charge is 0.341 e. The molecule has 1 atom stereocenters. The van der Waals surface area contributed by atoms with Gasteiger partial charge in [-0.2, -0.15) is 0 Å². The molecule has 1 aliphatic heterocycles. The lowest BCUT2D eigenvalue weighted by atomic mass is 10.0. The van der Waals surface area contributed by atoms with Gasteiger partial charge in [-0.25, -0.2) is 8.42 Å². The molecule has 2 aromatic carbocycles. The van der Waals surface area contributed by atoms with Crippen molar-refractivity contribution in [2.24, 2.45) is 5.92 Å². The first kappa shape index (κ1) is 17.1. The van der Waals surface area contributed by atoms with Gasteiger partial charge < -0.3 is 9.88 Å². The number of carbonyl (C=O) groups is 1. The number of anilines is 1. The molecule has 1 amide bonds. The van der Waals surface area contributed by atoms with Crippen LogP contribution in [0.3, 0.4) is 0 Å². The number of fused-ring (bicyclic) bond motifs is 3. The molecule has 3 aromatic rings. The summed E-state index contributed by atoms with van der Waals surface area (Å²) in [5.41, 5.74) is 3.08. The van der Waals surface area contributed by atoms with Gasteiger partial charge >= 0.3 is 0 Å². The summed E-state index contributed by atoms with van der Waals surface area (Å²) < 4.78 is 25.4. The number of hydrogen-bond acceptors (Lipinski definition) is 3. The van der Waals surface area contributed by atoms with Crippen molar-refractivity contribution in [2.75, 3.05) is 16.8 Å². The Balaban J connectivity index is 1.60. The molecular formula is C20H22N2O3S. The molecule has 2 heterocycles. The standard InChI is InChI=1S/C20H22N2O3S/c1-2-22-18-6-4-3-5-16(18)17-12-15(7-8-19(17)22)21-20(23)11-14-9-10-26(24,25)13-14/h3-8,12,14H,2,9-11,13H2,1H3,(H,21,23). The van der Waals surface area contributed by atoms with Crippen molar-refractivity contribution >= 4 is 43.2 Å². The first-order valence-electron chi connectivity index (χ1n) is 8.98. The normalized spacial score (nSPS) is 19.2. The molecule has 1 unspecified atom stereocenters. The van der Waals surface area contributed by atoms with Gasteiger partial charge in [-0.05, 0) is 43.5 Å². The lowest BCUT2D eigenvalue weighted by Gasteiger charge is -2.09. The van der Waals surface area contributed by atoms with Gasteiger partial charge in [0.1, 0.15) is 0 Å². The molecule has 0 aliphatic carbocycles. The summed E-state index contributed by atoms with van der Waals surface area (Å²) in [5, 5.41) is 5.22. The van der Waals surface area contributed by atoms with E-state index in [4.69, 9.17) is 0 Å². The molecule has 26 heavy (non-hydrogen) atoms. The van der Waals surface area contributed by atoms with E-state index in [0.717, 1.165) is 23.1 Å². The fourth-order valence-electron chi connectivity index (χ4n) is 3.98. The smallest absolute Gasteiger partial charge is 0.224 e. The lowest BCUT2D eigenvalue weighted by Crippen LogP contribution is -2.17. The van der Waals surface area contributed by atoms with Crippen LogP contribution in [0.25, 0.3) is 21.8 Å². The molecule has 0 radical (unpaired) electrons. The summed E-state index contributed by atoms with van der Waals surface area (Å²) in [6.07, 6.45) is 0.840. The lowest BCUT2D eigenvalue weighted by molar-refractivity contribution is -0.116. The van der Waals surface area contributed by atoms with E-state index in [0.29, 0.717) is 6.42 Å². The van der Waals surface area contributed by atoms with Gasteiger partial charge in [0.15, 0.2) is 9.84 Å². The van der Waals surface area contributed by atoms with Crippen molar-refractivity contribution in [3.05, 3.63) is 42.5 Å². The zero-order chi connectivity index (χ0) is 18.3. The van der Waals surface area contributed by atoms with Crippen molar-refractivity contribution in [1.82, 2.24) is 4.57 Å². The maximum absolute atomic E-state index is 12.3. The van der Waals surface area contributed by atoms with Gasteiger partial charge in [0.2, 0.25) is 5.91 Å². The Morgan fingerprint density at radius 3 is 2.65 bits per heavy atom. The van der Waals surface area contributed by atoms with Crippen molar-refractivity contribution in [1.29, 1.82) is 0 Å². The average molecular weight is 370 g/mol. The number of sulfone groups is 1. The number of nitrogens with zero attached hydrogens (tertiary/aromatic N) is 1. The molecular weight excluding hydrogens is 348 g/mol. The van der Waals surface area contributed by atoms with E-state index in [-0.39, 0.29) is 29.8 Å². The quantitative estimate of drug-likeness (QED) is 0.763. The first-order valence-corrected chi connectivity index (χ1v) is 10.8. The second-order valence-electron chi connectivity index (χ2n) is 7.01. The van der Waals surface area contributed by atoms with Crippen LogP contribution in [0.15, 0.2) is 42.5 Å². The number of amides is 1. The highest BCUT2D eigenvalue weighted by Gasteiger charge is 2.29. The molecule has 1 aromatic heterocycles. The minimum absolute atomic E-state index is 0.0641. The molecule has 1 N–H and O–H groups in total. The highest BCUT2D eigenvalue weighted by molar-refractivity contribution is 7.91. The zero-order valence-corrected chi connectivity index (χ0v) is 15.6. The fourth-order valence-corrected chi connectivity index (χ4v) is 5.84. The Kier molecular flexibility index (Phi) is 4.23. The van der Waals surface area contributed by atoms with Crippen molar-refractivity contribution in [3.8, 4) is 0 Å². The third-order valence-electron chi connectivity index (χ3n) is 5.17. The average Bonchev–Trinajstić information content (AvgIpc) is 3.11. The summed E-state index contributed by atoms with van der Waals surface area (Å²) in [6, 6.07) is 14.2. The maximum atomic E-state index is 12.3. The molecule has 4 rings (SSSR count). The SMILES string of the molecule is CCn1c2ccccc2c2cc(NC(=O)CC3CCS(=O)(=O)C3)ccc21. The Hall–Kier alpha value is -2.34. The number of hydrogen-bond donors (Lipinski definition) is 1. The predicted molar refractivity (Wildman–Crippen MR) is 105 cm³/mol. The Bertz CT molecular complexity index is 1100. The fraction of sp³-hybridized carbons (Fsp3) is 0.350. The van der Waals surface area contributed by atoms with Crippen LogP contribution >= 0.6 is 0 Å². The topological polar surface area (TPSA) is 68.2 Å². The van der Waals surface area contributed by atoms with Crippen LogP contribution in [0.2, 0.25) is 0 Å². The molecule has 0 bridgehead atoms. The molecule has 1 fully saturated rings. The molecule has 5 nitrogen and oxygen atoms in total. The number of para-hydroxylation sites is 1. The minimum Gasteiger partial charge on any atom is -0.341 e. The predicted octanol–water partition coefficient (Wildman–Crippen LogP) is 3.58. The third kappa shape index (κ3) is 3.09. The molecule has 136 valence electrons. The van der Waals surface area contributed by atoms with E-state index >= 15 is 0 Å². The van der Waals surface area contributed by atoms with Crippen LogP contribution in [0.5, 0.6) is 0 Å². The molecule has 0 spiro atoms. The van der Waals surface area contributed by atoms with E-state index in [1.807, 2.05) is 30.3 Å². The zero-order valence-electron chi connectivity index (χ0n) is 14.7. The van der Waals surface area contributed by atoms with Crippen LogP contribution in [-0.4, -0.2) is 30.4 Å². The van der Waals surface area contributed by atoms with Crippen molar-refractivity contribution in [3.63, 3.8) is 0 Å². The molecule has 6 heteroatoms. The summed E-state index contributed by atoms with van der Waals surface area (Å²) in [4.78, 5) is 12.3. The summed E-state index contributed by atoms with van der Waals surface area (Å²) >= 11 is 0. The van der Waals surface area contributed by atoms with Gasteiger partial charge in [-0.3, -0.25) is 4.79 Å². The highest BCUT2D eigenvalue weighted by Crippen LogP contribution is 2.31. The van der Waals surface area contributed by atoms with Crippen LogP contribution in [0.1, 0.15) is 19.8 Å². The minimum atomic E-state index is -2.95.